The van der Waals surface area contributed by atoms with Gasteiger partial charge in [0, 0.05) is 28.4 Å². The Labute approximate surface area is 283 Å². The largest absolute Gasteiger partial charge is 0.356 e. The lowest BCUT2D eigenvalue weighted by Gasteiger charge is -2.25. The molecule has 0 saturated carbocycles. The third kappa shape index (κ3) is 7.70. The maximum atomic E-state index is 3.43. The second kappa shape index (κ2) is 14.8. The molecule has 0 aliphatic carbocycles. The van der Waals surface area contributed by atoms with Crippen LogP contribution in [0.1, 0.15) is 22.3 Å². The summed E-state index contributed by atoms with van der Waals surface area (Å²) < 4.78 is 0. The highest BCUT2D eigenvalue weighted by molar-refractivity contribution is 5.79. The minimum atomic E-state index is 1.08. The Morgan fingerprint density at radius 3 is 1.02 bits per heavy atom. The van der Waals surface area contributed by atoms with E-state index in [0.29, 0.717) is 0 Å². The molecule has 0 saturated heterocycles. The lowest BCUT2D eigenvalue weighted by Crippen LogP contribution is -2.09. The van der Waals surface area contributed by atoms with Gasteiger partial charge in [0.05, 0.1) is 0 Å². The predicted octanol–water partition coefficient (Wildman–Crippen LogP) is 12.9. The molecule has 7 rings (SSSR count). The van der Waals surface area contributed by atoms with Gasteiger partial charge in [-0.25, -0.2) is 0 Å². The molecule has 0 spiro atoms. The number of hydrogen-bond acceptors (Lipinski definition) is 2. The second-order valence-corrected chi connectivity index (χ2v) is 11.6. The van der Waals surface area contributed by atoms with E-state index in [2.05, 4.69) is 204 Å². The standard InChI is InChI=1S/C46H36N2/c1-4-10-42(11-5-1)47-43-32-24-38(25-33-43)18-16-36-20-28-40(29-21-36)41-30-22-37(23-31-41)17-19-39-26-34-46(35-27-39)48(44-12-6-2-7-13-44)45-14-8-3-9-15-45/h1-35,47H/b18-16+,19-17+. The Bertz CT molecular complexity index is 2040. The molecule has 0 unspecified atom stereocenters. The first kappa shape index (κ1) is 30.3. The van der Waals surface area contributed by atoms with Crippen LogP contribution < -0.4 is 10.2 Å². The maximum absolute atomic E-state index is 3.43. The molecule has 0 aromatic heterocycles. The van der Waals surface area contributed by atoms with E-state index in [1.165, 1.54) is 27.8 Å². The molecule has 7 aromatic rings. The predicted molar refractivity (Wildman–Crippen MR) is 207 cm³/mol. The van der Waals surface area contributed by atoms with Crippen molar-refractivity contribution in [3.05, 3.63) is 210 Å². The molecule has 2 nitrogen and oxygen atoms in total. The topological polar surface area (TPSA) is 15.3 Å². The fourth-order valence-corrected chi connectivity index (χ4v) is 5.66. The number of rotatable bonds is 10. The monoisotopic (exact) mass is 616 g/mol. The van der Waals surface area contributed by atoms with E-state index in [1.54, 1.807) is 0 Å². The van der Waals surface area contributed by atoms with Crippen LogP contribution >= 0.6 is 0 Å². The SMILES string of the molecule is C(=C\c1ccc(-c2ccc(/C=C/c3ccc(N(c4ccccc4)c4ccccc4)cc3)cc2)cc1)/c1ccc(Nc2ccccc2)cc1. The molecule has 7 aromatic carbocycles. The summed E-state index contributed by atoms with van der Waals surface area (Å²) in [5.74, 6) is 0. The summed E-state index contributed by atoms with van der Waals surface area (Å²) in [6, 6.07) is 65.8. The number of para-hydroxylation sites is 3. The van der Waals surface area contributed by atoms with Crippen molar-refractivity contribution in [2.45, 2.75) is 0 Å². The Morgan fingerprint density at radius 2 is 0.604 bits per heavy atom. The Balaban J connectivity index is 0.969. The first-order valence-corrected chi connectivity index (χ1v) is 16.3. The van der Waals surface area contributed by atoms with Gasteiger partial charge < -0.3 is 10.2 Å². The van der Waals surface area contributed by atoms with Gasteiger partial charge in [0.1, 0.15) is 0 Å². The van der Waals surface area contributed by atoms with Gasteiger partial charge in [-0.05, 0) is 94.0 Å². The molecule has 2 heteroatoms. The molecule has 0 atom stereocenters. The minimum absolute atomic E-state index is 1.08. The number of nitrogens with one attached hydrogen (secondary N) is 1. The van der Waals surface area contributed by atoms with E-state index >= 15 is 0 Å². The quantitative estimate of drug-likeness (QED) is 0.154. The van der Waals surface area contributed by atoms with Crippen molar-refractivity contribution in [1.82, 2.24) is 0 Å². The van der Waals surface area contributed by atoms with E-state index in [-0.39, 0.29) is 0 Å². The fourth-order valence-electron chi connectivity index (χ4n) is 5.66. The van der Waals surface area contributed by atoms with Crippen LogP contribution in [0.15, 0.2) is 188 Å². The van der Waals surface area contributed by atoms with E-state index in [1.807, 2.05) is 18.2 Å². The highest BCUT2D eigenvalue weighted by atomic mass is 15.1. The van der Waals surface area contributed by atoms with Crippen molar-refractivity contribution in [1.29, 1.82) is 0 Å². The summed E-state index contributed by atoms with van der Waals surface area (Å²) in [5.41, 5.74) is 12.6. The summed E-state index contributed by atoms with van der Waals surface area (Å²) in [6.07, 6.45) is 8.65. The molecule has 0 aliphatic heterocycles. The molecule has 0 aliphatic rings. The number of nitrogens with zero attached hydrogens (tertiary/aromatic N) is 1. The molecule has 1 N–H and O–H groups in total. The minimum Gasteiger partial charge on any atom is -0.356 e. The second-order valence-electron chi connectivity index (χ2n) is 11.6. The summed E-state index contributed by atoms with van der Waals surface area (Å²) in [4.78, 5) is 2.28. The maximum Gasteiger partial charge on any atom is 0.0462 e. The summed E-state index contributed by atoms with van der Waals surface area (Å²) in [7, 11) is 0. The Morgan fingerprint density at radius 1 is 0.292 bits per heavy atom. The van der Waals surface area contributed by atoms with E-state index in [4.69, 9.17) is 0 Å². The molecule has 230 valence electrons. The van der Waals surface area contributed by atoms with Crippen molar-refractivity contribution < 1.29 is 0 Å². The van der Waals surface area contributed by atoms with Gasteiger partial charge in [-0.3, -0.25) is 0 Å². The summed E-state index contributed by atoms with van der Waals surface area (Å²) in [6.45, 7) is 0. The van der Waals surface area contributed by atoms with Crippen LogP contribution in [0.4, 0.5) is 28.4 Å². The van der Waals surface area contributed by atoms with E-state index in [9.17, 15) is 0 Å². The normalized spacial score (nSPS) is 11.2. The third-order valence-electron chi connectivity index (χ3n) is 8.24. The van der Waals surface area contributed by atoms with Gasteiger partial charge in [-0.2, -0.15) is 0 Å². The number of anilines is 5. The summed E-state index contributed by atoms with van der Waals surface area (Å²) in [5, 5.41) is 3.43. The molecule has 0 fully saturated rings. The Hall–Kier alpha value is -6.38. The smallest absolute Gasteiger partial charge is 0.0462 e. The first-order chi connectivity index (χ1) is 23.8. The number of benzene rings is 7. The van der Waals surface area contributed by atoms with Crippen molar-refractivity contribution in [3.63, 3.8) is 0 Å². The van der Waals surface area contributed by atoms with Crippen molar-refractivity contribution in [2.24, 2.45) is 0 Å². The van der Waals surface area contributed by atoms with Crippen LogP contribution in [-0.2, 0) is 0 Å². The van der Waals surface area contributed by atoms with Crippen LogP contribution in [0, 0.1) is 0 Å². The van der Waals surface area contributed by atoms with Crippen LogP contribution in [0.3, 0.4) is 0 Å². The average Bonchev–Trinajstić information content (AvgIpc) is 3.16. The van der Waals surface area contributed by atoms with Gasteiger partial charge in [0.25, 0.3) is 0 Å². The zero-order valence-corrected chi connectivity index (χ0v) is 26.7. The molecule has 48 heavy (non-hydrogen) atoms. The lowest BCUT2D eigenvalue weighted by atomic mass is 10.0. The van der Waals surface area contributed by atoms with Crippen LogP contribution in [0.5, 0.6) is 0 Å². The fraction of sp³-hybridized carbons (Fsp3) is 0. The molecule has 0 amide bonds. The van der Waals surface area contributed by atoms with Gasteiger partial charge in [0.2, 0.25) is 0 Å². The van der Waals surface area contributed by atoms with Crippen molar-refractivity contribution in [3.8, 4) is 11.1 Å². The first-order valence-electron chi connectivity index (χ1n) is 16.3. The van der Waals surface area contributed by atoms with Gasteiger partial charge in [-0.15, -0.1) is 0 Å². The van der Waals surface area contributed by atoms with Crippen LogP contribution in [0.2, 0.25) is 0 Å². The molecular weight excluding hydrogens is 581 g/mol. The van der Waals surface area contributed by atoms with Crippen molar-refractivity contribution in [2.75, 3.05) is 10.2 Å². The average molecular weight is 617 g/mol. The highest BCUT2D eigenvalue weighted by Gasteiger charge is 2.11. The van der Waals surface area contributed by atoms with Crippen molar-refractivity contribution >= 4 is 52.7 Å². The van der Waals surface area contributed by atoms with Crippen LogP contribution in [0.25, 0.3) is 35.4 Å². The van der Waals surface area contributed by atoms with Gasteiger partial charge in [0.15, 0.2) is 0 Å². The zero-order chi connectivity index (χ0) is 32.4. The molecule has 0 radical (unpaired) electrons. The lowest BCUT2D eigenvalue weighted by molar-refractivity contribution is 1.28. The Kier molecular flexibility index (Phi) is 9.34. The van der Waals surface area contributed by atoms with Crippen LogP contribution in [-0.4, -0.2) is 0 Å². The van der Waals surface area contributed by atoms with E-state index < -0.39 is 0 Å². The van der Waals surface area contributed by atoms with E-state index in [0.717, 1.165) is 34.0 Å². The third-order valence-corrected chi connectivity index (χ3v) is 8.24. The highest BCUT2D eigenvalue weighted by Crippen LogP contribution is 2.34. The van der Waals surface area contributed by atoms with Gasteiger partial charge >= 0.3 is 0 Å². The molecular formula is C46H36N2. The van der Waals surface area contributed by atoms with Gasteiger partial charge in [-0.1, -0.05) is 152 Å². The zero-order valence-electron chi connectivity index (χ0n) is 26.7. The summed E-state index contributed by atoms with van der Waals surface area (Å²) >= 11 is 0. The number of hydrogen-bond donors (Lipinski definition) is 1. The molecule has 0 bridgehead atoms. The molecule has 0 heterocycles.